The summed E-state index contributed by atoms with van der Waals surface area (Å²) in [6.07, 6.45) is 0. The average Bonchev–Trinajstić information content (AvgIpc) is 2.04. The van der Waals surface area contributed by atoms with Gasteiger partial charge in [0, 0.05) is 5.56 Å². The molecule has 0 aliphatic rings. The second kappa shape index (κ2) is 3.98. The predicted octanol–water partition coefficient (Wildman–Crippen LogP) is 4.00. The highest BCUT2D eigenvalue weighted by Crippen LogP contribution is 2.25. The zero-order valence-corrected chi connectivity index (χ0v) is 8.60. The van der Waals surface area contributed by atoms with E-state index in [1.54, 1.807) is 24.3 Å². The third kappa shape index (κ3) is 2.27. The van der Waals surface area contributed by atoms with Crippen molar-refractivity contribution >= 4 is 28.4 Å². The van der Waals surface area contributed by atoms with Crippen molar-refractivity contribution in [1.82, 2.24) is 0 Å². The fourth-order valence-electron chi connectivity index (χ4n) is 0.809. The number of halogens is 3. The van der Waals surface area contributed by atoms with Gasteiger partial charge in [-0.25, -0.2) is 4.39 Å². The monoisotopic (exact) mass is 280 g/mol. The van der Waals surface area contributed by atoms with Crippen LogP contribution in [0.1, 0.15) is 11.1 Å². The van der Waals surface area contributed by atoms with Crippen LogP contribution in [-0.2, 0) is 0 Å². The summed E-state index contributed by atoms with van der Waals surface area (Å²) >= 11 is 1.32. The lowest BCUT2D eigenvalue weighted by Gasteiger charge is -1.97. The van der Waals surface area contributed by atoms with Crippen molar-refractivity contribution in [3.8, 4) is 0 Å². The van der Waals surface area contributed by atoms with E-state index in [1.165, 1.54) is 22.6 Å². The molecule has 3 heteroatoms. The van der Waals surface area contributed by atoms with Crippen molar-refractivity contribution < 1.29 is 8.78 Å². The molecule has 12 heavy (non-hydrogen) atoms. The molecule has 0 aliphatic heterocycles. The van der Waals surface area contributed by atoms with Crippen LogP contribution in [-0.4, -0.2) is 0 Å². The quantitative estimate of drug-likeness (QED) is 0.682. The van der Waals surface area contributed by atoms with Crippen LogP contribution in [0.15, 0.2) is 28.1 Å². The highest BCUT2D eigenvalue weighted by molar-refractivity contribution is 14.1. The molecule has 0 spiro atoms. The van der Waals surface area contributed by atoms with Crippen molar-refractivity contribution in [2.24, 2.45) is 0 Å². The summed E-state index contributed by atoms with van der Waals surface area (Å²) in [4.78, 5) is 0. The van der Waals surface area contributed by atoms with Gasteiger partial charge in [-0.15, -0.1) is 0 Å². The summed E-state index contributed by atoms with van der Waals surface area (Å²) in [5.41, 5.74) is 1.31. The molecule has 0 aromatic heterocycles. The lowest BCUT2D eigenvalue weighted by Crippen LogP contribution is -1.79. The van der Waals surface area contributed by atoms with Crippen molar-refractivity contribution in [3.63, 3.8) is 0 Å². The zero-order chi connectivity index (χ0) is 9.14. The summed E-state index contributed by atoms with van der Waals surface area (Å²) in [5, 5.41) is 0. The molecule has 0 unspecified atom stereocenters. The van der Waals surface area contributed by atoms with Crippen LogP contribution < -0.4 is 0 Å². The smallest absolute Gasteiger partial charge is 0.196 e. The van der Waals surface area contributed by atoms with Crippen LogP contribution in [0.4, 0.5) is 8.78 Å². The number of hydrogen-bond acceptors (Lipinski definition) is 0. The second-order valence-corrected chi connectivity index (χ2v) is 3.39. The molecule has 0 nitrogen and oxygen atoms in total. The van der Waals surface area contributed by atoms with Crippen LogP contribution in [0.2, 0.25) is 0 Å². The van der Waals surface area contributed by atoms with Gasteiger partial charge in [-0.05, 0) is 29.5 Å². The number of benzene rings is 1. The third-order valence-electron chi connectivity index (χ3n) is 1.47. The lowest BCUT2D eigenvalue weighted by atomic mass is 10.1. The Morgan fingerprint density at radius 1 is 1.17 bits per heavy atom. The molecule has 1 rings (SSSR count). The molecule has 1 aromatic carbocycles. The number of hydrogen-bond donors (Lipinski definition) is 0. The highest BCUT2D eigenvalue weighted by atomic mass is 127. The summed E-state index contributed by atoms with van der Waals surface area (Å²) in [6.45, 7) is 1.89. The first-order chi connectivity index (χ1) is 5.61. The minimum Gasteiger partial charge on any atom is -0.203 e. The molecule has 0 saturated carbocycles. The first-order valence-corrected chi connectivity index (χ1v) is 4.47. The molecule has 0 amide bonds. The maximum absolute atomic E-state index is 12.9. The fourth-order valence-corrected chi connectivity index (χ4v) is 1.12. The first kappa shape index (κ1) is 9.64. The van der Waals surface area contributed by atoms with Crippen LogP contribution in [0.25, 0.3) is 5.83 Å². The maximum Gasteiger partial charge on any atom is 0.196 e. The molecule has 0 bridgehead atoms. The summed E-state index contributed by atoms with van der Waals surface area (Å²) in [7, 11) is 0. The highest BCUT2D eigenvalue weighted by Gasteiger charge is 2.04. The van der Waals surface area contributed by atoms with Gasteiger partial charge >= 0.3 is 0 Å². The molecular formula is C9H7F2I. The molecule has 0 N–H and O–H groups in total. The van der Waals surface area contributed by atoms with Crippen LogP contribution >= 0.6 is 22.6 Å². The van der Waals surface area contributed by atoms with Gasteiger partial charge in [-0.2, -0.15) is 4.39 Å². The van der Waals surface area contributed by atoms with Crippen molar-refractivity contribution in [3.05, 3.63) is 39.2 Å². The molecule has 0 atom stereocenters. The zero-order valence-electron chi connectivity index (χ0n) is 6.44. The number of aryl methyl sites for hydroxylation is 1. The van der Waals surface area contributed by atoms with Gasteiger partial charge in [0.1, 0.15) is 0 Å². The van der Waals surface area contributed by atoms with Gasteiger partial charge in [-0.1, -0.05) is 29.8 Å². The van der Waals surface area contributed by atoms with Gasteiger partial charge in [0.15, 0.2) is 9.66 Å². The molecule has 1 aromatic rings. The largest absolute Gasteiger partial charge is 0.203 e. The van der Waals surface area contributed by atoms with E-state index < -0.39 is 9.66 Å². The van der Waals surface area contributed by atoms with Crippen molar-refractivity contribution in [2.75, 3.05) is 0 Å². The van der Waals surface area contributed by atoms with E-state index in [1.807, 2.05) is 6.92 Å². The van der Waals surface area contributed by atoms with E-state index in [0.29, 0.717) is 0 Å². The van der Waals surface area contributed by atoms with Crippen LogP contribution in [0.3, 0.4) is 0 Å². The Kier molecular flexibility index (Phi) is 3.20. The van der Waals surface area contributed by atoms with E-state index >= 15 is 0 Å². The topological polar surface area (TPSA) is 0 Å². The van der Waals surface area contributed by atoms with E-state index in [9.17, 15) is 8.78 Å². The fraction of sp³-hybridized carbons (Fsp3) is 0.111. The van der Waals surface area contributed by atoms with Crippen molar-refractivity contribution in [2.45, 2.75) is 6.92 Å². The van der Waals surface area contributed by atoms with Gasteiger partial charge in [0.25, 0.3) is 0 Å². The summed E-state index contributed by atoms with van der Waals surface area (Å²) in [6, 6.07) is 6.61. The third-order valence-corrected chi connectivity index (χ3v) is 1.94. The van der Waals surface area contributed by atoms with Gasteiger partial charge in [0.05, 0.1) is 0 Å². The summed E-state index contributed by atoms with van der Waals surface area (Å²) < 4.78 is 24.5. The normalized spacial score (nSPS) is 12.7. The molecule has 0 aliphatic carbocycles. The molecular weight excluding hydrogens is 273 g/mol. The molecule has 64 valence electrons. The van der Waals surface area contributed by atoms with Gasteiger partial charge in [-0.3, -0.25) is 0 Å². The Labute approximate surface area is 83.4 Å². The van der Waals surface area contributed by atoms with Crippen molar-refractivity contribution in [1.29, 1.82) is 0 Å². The van der Waals surface area contributed by atoms with E-state index in [2.05, 4.69) is 0 Å². The van der Waals surface area contributed by atoms with Gasteiger partial charge < -0.3 is 0 Å². The molecule has 0 saturated heterocycles. The molecule has 0 heterocycles. The Balaban J connectivity index is 3.06. The van der Waals surface area contributed by atoms with E-state index in [0.717, 1.165) is 5.56 Å². The second-order valence-electron chi connectivity index (χ2n) is 2.44. The minimum atomic E-state index is -0.809. The average molecular weight is 280 g/mol. The Morgan fingerprint density at radius 2 is 1.67 bits per heavy atom. The van der Waals surface area contributed by atoms with Crippen LogP contribution in [0.5, 0.6) is 0 Å². The Morgan fingerprint density at radius 3 is 2.08 bits per heavy atom. The minimum absolute atomic E-state index is 0.285. The molecule has 0 radical (unpaired) electrons. The van der Waals surface area contributed by atoms with Crippen LogP contribution in [0, 0.1) is 6.92 Å². The molecule has 0 fully saturated rings. The Bertz CT molecular complexity index is 297. The predicted molar refractivity (Wildman–Crippen MR) is 54.3 cm³/mol. The first-order valence-electron chi connectivity index (χ1n) is 3.39. The summed E-state index contributed by atoms with van der Waals surface area (Å²) in [5.74, 6) is -0.796. The lowest BCUT2D eigenvalue weighted by molar-refractivity contribution is 0.664. The van der Waals surface area contributed by atoms with E-state index in [4.69, 9.17) is 0 Å². The standard InChI is InChI=1S/C9H7F2I/c1-6-2-4-7(5-3-6)8(10)9(11)12/h2-5H,1H3/b9-8+. The van der Waals surface area contributed by atoms with Gasteiger partial charge in [0.2, 0.25) is 0 Å². The Hall–Kier alpha value is -0.450. The van der Waals surface area contributed by atoms with E-state index in [-0.39, 0.29) is 5.56 Å². The SMILES string of the molecule is Cc1ccc(/C(F)=C(/F)I)cc1. The number of rotatable bonds is 1. The maximum atomic E-state index is 12.9.